The van der Waals surface area contributed by atoms with E-state index in [4.69, 9.17) is 4.74 Å². The lowest BCUT2D eigenvalue weighted by atomic mass is 10.1. The van der Waals surface area contributed by atoms with Crippen LogP contribution >= 0.6 is 0 Å². The summed E-state index contributed by atoms with van der Waals surface area (Å²) in [6.07, 6.45) is 1.77. The highest BCUT2D eigenvalue weighted by molar-refractivity contribution is 5.85. The fourth-order valence-electron chi connectivity index (χ4n) is 2.73. The molecule has 1 atom stereocenters. The predicted octanol–water partition coefficient (Wildman–Crippen LogP) is 1.40. The number of benzene rings is 1. The van der Waals surface area contributed by atoms with Crippen molar-refractivity contribution in [3.63, 3.8) is 0 Å². The molecule has 4 nitrogen and oxygen atoms in total. The molecule has 0 saturated carbocycles. The van der Waals surface area contributed by atoms with Crippen LogP contribution in [0.15, 0.2) is 24.3 Å². The lowest BCUT2D eigenvalue weighted by Crippen LogP contribution is -2.37. The highest BCUT2D eigenvalue weighted by Gasteiger charge is 2.26. The summed E-state index contributed by atoms with van der Waals surface area (Å²) >= 11 is 0. The molecule has 0 aliphatic heterocycles. The Bertz CT molecular complexity index is 588. The number of hydrogen-bond donors (Lipinski definition) is 2. The number of ether oxygens (including phenoxy) is 1. The molecule has 1 aliphatic rings. The van der Waals surface area contributed by atoms with Crippen molar-refractivity contribution in [3.05, 3.63) is 35.5 Å². The van der Waals surface area contributed by atoms with Gasteiger partial charge in [0.1, 0.15) is 6.61 Å². The molecule has 3 rings (SSSR count). The Morgan fingerprint density at radius 1 is 1.44 bits per heavy atom. The number of carbonyl (C=O) groups is 1. The summed E-state index contributed by atoms with van der Waals surface area (Å²) in [4.78, 5) is 14.9. The second kappa shape index (κ2) is 4.46. The number of carbonyl (C=O) groups excluding carboxylic acids is 1. The number of aromatic nitrogens is 1. The molecule has 0 radical (unpaired) electrons. The Kier molecular flexibility index (Phi) is 2.80. The number of H-pyrrole nitrogens is 1. The minimum atomic E-state index is -0.0445. The minimum absolute atomic E-state index is 0.0445. The number of nitrogens with one attached hydrogen (secondary N) is 2. The van der Waals surface area contributed by atoms with E-state index in [-0.39, 0.29) is 18.6 Å². The van der Waals surface area contributed by atoms with Crippen LogP contribution in [-0.4, -0.2) is 30.6 Å². The second-order valence-corrected chi connectivity index (χ2v) is 4.73. The summed E-state index contributed by atoms with van der Waals surface area (Å²) in [6, 6.07) is 8.49. The molecule has 94 valence electrons. The first-order valence-electron chi connectivity index (χ1n) is 6.14. The third-order valence-corrected chi connectivity index (χ3v) is 3.44. The highest BCUT2D eigenvalue weighted by Crippen LogP contribution is 2.29. The molecule has 0 bridgehead atoms. The topological polar surface area (TPSA) is 54.1 Å². The zero-order valence-electron chi connectivity index (χ0n) is 10.3. The fourth-order valence-corrected chi connectivity index (χ4v) is 2.73. The van der Waals surface area contributed by atoms with Gasteiger partial charge in [-0.25, -0.2) is 0 Å². The molecule has 2 aromatic rings. The summed E-state index contributed by atoms with van der Waals surface area (Å²) in [7, 11) is 1.53. The lowest BCUT2D eigenvalue weighted by molar-refractivity contribution is -0.125. The monoisotopic (exact) mass is 244 g/mol. The molecule has 2 N–H and O–H groups in total. The zero-order valence-corrected chi connectivity index (χ0v) is 10.3. The van der Waals surface area contributed by atoms with E-state index in [0.29, 0.717) is 0 Å². The van der Waals surface area contributed by atoms with Gasteiger partial charge in [0.2, 0.25) is 5.91 Å². The van der Waals surface area contributed by atoms with Crippen LogP contribution in [0.25, 0.3) is 10.9 Å². The Hall–Kier alpha value is -1.81. The van der Waals surface area contributed by atoms with Crippen molar-refractivity contribution in [3.8, 4) is 0 Å². The van der Waals surface area contributed by atoms with Crippen molar-refractivity contribution < 1.29 is 9.53 Å². The van der Waals surface area contributed by atoms with Crippen molar-refractivity contribution in [1.82, 2.24) is 10.3 Å². The SMILES string of the molecule is COCC(=O)NC1Cc2[nH]c3ccccc3c2C1. The Labute approximate surface area is 105 Å². The Balaban J connectivity index is 1.78. The van der Waals surface area contributed by atoms with Gasteiger partial charge in [0, 0.05) is 36.2 Å². The molecule has 1 aliphatic carbocycles. The van der Waals surface area contributed by atoms with E-state index in [0.717, 1.165) is 12.8 Å². The number of rotatable bonds is 3. The van der Waals surface area contributed by atoms with Crippen LogP contribution in [-0.2, 0) is 22.4 Å². The summed E-state index contributed by atoms with van der Waals surface area (Å²) in [5.74, 6) is -0.0445. The molecular weight excluding hydrogens is 228 g/mol. The standard InChI is InChI=1S/C14H16N2O2/c1-18-8-14(17)15-9-6-11-10-4-2-3-5-12(10)16-13(11)7-9/h2-5,9,16H,6-8H2,1H3,(H,15,17). The lowest BCUT2D eigenvalue weighted by Gasteiger charge is -2.11. The fraction of sp³-hybridized carbons (Fsp3) is 0.357. The molecule has 0 fully saturated rings. The molecule has 1 unspecified atom stereocenters. The van der Waals surface area contributed by atoms with Gasteiger partial charge in [0.15, 0.2) is 0 Å². The van der Waals surface area contributed by atoms with Crippen molar-refractivity contribution >= 4 is 16.8 Å². The van der Waals surface area contributed by atoms with Crippen LogP contribution in [0, 0.1) is 0 Å². The van der Waals surface area contributed by atoms with Crippen LogP contribution in [0.5, 0.6) is 0 Å². The van der Waals surface area contributed by atoms with Gasteiger partial charge < -0.3 is 15.0 Å². The molecule has 0 saturated heterocycles. The molecular formula is C14H16N2O2. The van der Waals surface area contributed by atoms with Crippen LogP contribution in [0.4, 0.5) is 0 Å². The van der Waals surface area contributed by atoms with E-state index in [1.807, 2.05) is 12.1 Å². The van der Waals surface area contributed by atoms with E-state index in [9.17, 15) is 4.79 Å². The smallest absolute Gasteiger partial charge is 0.246 e. The van der Waals surface area contributed by atoms with Gasteiger partial charge in [-0.15, -0.1) is 0 Å². The summed E-state index contributed by atoms with van der Waals surface area (Å²) in [6.45, 7) is 0.130. The highest BCUT2D eigenvalue weighted by atomic mass is 16.5. The van der Waals surface area contributed by atoms with Crippen molar-refractivity contribution in [2.75, 3.05) is 13.7 Å². The van der Waals surface area contributed by atoms with Crippen molar-refractivity contribution in [2.24, 2.45) is 0 Å². The number of aromatic amines is 1. The summed E-state index contributed by atoms with van der Waals surface area (Å²) < 4.78 is 4.82. The number of fused-ring (bicyclic) bond motifs is 3. The first kappa shape index (κ1) is 11.3. The number of amides is 1. The van der Waals surface area contributed by atoms with Crippen molar-refractivity contribution in [1.29, 1.82) is 0 Å². The van der Waals surface area contributed by atoms with E-state index >= 15 is 0 Å². The maximum absolute atomic E-state index is 11.5. The van der Waals surface area contributed by atoms with Crippen LogP contribution in [0.2, 0.25) is 0 Å². The summed E-state index contributed by atoms with van der Waals surface area (Å²) in [5, 5.41) is 4.27. The molecule has 1 amide bonds. The number of para-hydroxylation sites is 1. The zero-order chi connectivity index (χ0) is 12.5. The minimum Gasteiger partial charge on any atom is -0.375 e. The van der Waals surface area contributed by atoms with Gasteiger partial charge in [-0.2, -0.15) is 0 Å². The predicted molar refractivity (Wildman–Crippen MR) is 69.5 cm³/mol. The molecule has 1 aromatic carbocycles. The first-order valence-corrected chi connectivity index (χ1v) is 6.14. The second-order valence-electron chi connectivity index (χ2n) is 4.73. The molecule has 0 spiro atoms. The van der Waals surface area contributed by atoms with E-state index in [2.05, 4.69) is 22.4 Å². The average molecular weight is 244 g/mol. The third kappa shape index (κ3) is 1.88. The van der Waals surface area contributed by atoms with E-state index < -0.39 is 0 Å². The van der Waals surface area contributed by atoms with Gasteiger partial charge >= 0.3 is 0 Å². The third-order valence-electron chi connectivity index (χ3n) is 3.44. The van der Waals surface area contributed by atoms with Crippen molar-refractivity contribution in [2.45, 2.75) is 18.9 Å². The number of methoxy groups -OCH3 is 1. The number of hydrogen-bond acceptors (Lipinski definition) is 2. The quantitative estimate of drug-likeness (QED) is 0.857. The molecule has 1 aromatic heterocycles. The van der Waals surface area contributed by atoms with E-state index in [1.165, 1.54) is 29.3 Å². The van der Waals surface area contributed by atoms with E-state index in [1.54, 1.807) is 0 Å². The van der Waals surface area contributed by atoms with Gasteiger partial charge in [-0.3, -0.25) is 4.79 Å². The Morgan fingerprint density at radius 3 is 3.11 bits per heavy atom. The maximum atomic E-state index is 11.5. The van der Waals surface area contributed by atoms with Gasteiger partial charge in [-0.05, 0) is 18.1 Å². The largest absolute Gasteiger partial charge is 0.375 e. The van der Waals surface area contributed by atoms with Gasteiger partial charge in [0.05, 0.1) is 0 Å². The van der Waals surface area contributed by atoms with Crippen LogP contribution in [0.3, 0.4) is 0 Å². The van der Waals surface area contributed by atoms with Gasteiger partial charge in [-0.1, -0.05) is 18.2 Å². The van der Waals surface area contributed by atoms with Crippen LogP contribution in [0.1, 0.15) is 11.3 Å². The summed E-state index contributed by atoms with van der Waals surface area (Å²) in [5.41, 5.74) is 3.77. The average Bonchev–Trinajstić information content (AvgIpc) is 2.86. The Morgan fingerprint density at radius 2 is 2.28 bits per heavy atom. The molecule has 1 heterocycles. The normalized spacial score (nSPS) is 17.9. The maximum Gasteiger partial charge on any atom is 0.246 e. The molecule has 18 heavy (non-hydrogen) atoms. The van der Waals surface area contributed by atoms with Crippen LogP contribution < -0.4 is 5.32 Å². The first-order chi connectivity index (χ1) is 8.78. The van der Waals surface area contributed by atoms with Gasteiger partial charge in [0.25, 0.3) is 0 Å². The molecule has 4 heteroatoms.